The Bertz CT molecular complexity index is 1210. The van der Waals surface area contributed by atoms with Gasteiger partial charge in [0.05, 0.1) is 11.4 Å². The van der Waals surface area contributed by atoms with Crippen LogP contribution in [0.25, 0.3) is 16.9 Å². The van der Waals surface area contributed by atoms with Crippen LogP contribution in [0.2, 0.25) is 0 Å². The second-order valence-corrected chi connectivity index (χ2v) is 7.20. The van der Waals surface area contributed by atoms with Gasteiger partial charge < -0.3 is 10.0 Å². The summed E-state index contributed by atoms with van der Waals surface area (Å²) < 4.78 is 1.49. The van der Waals surface area contributed by atoms with Crippen molar-refractivity contribution in [3.05, 3.63) is 77.1 Å². The van der Waals surface area contributed by atoms with Crippen LogP contribution < -0.4 is 10.5 Å². The fourth-order valence-corrected chi connectivity index (χ4v) is 3.86. The molecule has 158 valence electrons. The van der Waals surface area contributed by atoms with Crippen molar-refractivity contribution < 1.29 is 9.90 Å². The van der Waals surface area contributed by atoms with E-state index in [1.807, 2.05) is 42.6 Å². The van der Waals surface area contributed by atoms with E-state index in [0.29, 0.717) is 5.65 Å². The van der Waals surface area contributed by atoms with Crippen LogP contribution in [0.4, 0.5) is 5.82 Å². The van der Waals surface area contributed by atoms with Crippen LogP contribution in [0.1, 0.15) is 24.5 Å². The Morgan fingerprint density at radius 3 is 2.77 bits per heavy atom. The van der Waals surface area contributed by atoms with E-state index in [1.54, 1.807) is 18.5 Å². The van der Waals surface area contributed by atoms with Crippen molar-refractivity contribution in [2.75, 3.05) is 18.0 Å². The zero-order chi connectivity index (χ0) is 21.6. The lowest BCUT2D eigenvalue weighted by Crippen LogP contribution is -2.35. The molecule has 1 aliphatic rings. The summed E-state index contributed by atoms with van der Waals surface area (Å²) in [6, 6.07) is 13.3. The van der Waals surface area contributed by atoms with Gasteiger partial charge in [0.25, 0.3) is 12.0 Å². The molecular formula is C22H22N6O3. The minimum Gasteiger partial charge on any atom is -0.483 e. The average Bonchev–Trinajstić information content (AvgIpc) is 3.26. The number of hydrogen-bond donors (Lipinski definition) is 2. The number of H-pyrrole nitrogens is 1. The second-order valence-electron chi connectivity index (χ2n) is 7.20. The Balaban J connectivity index is 0.000000730. The van der Waals surface area contributed by atoms with Gasteiger partial charge in [-0.05, 0) is 37.1 Å². The van der Waals surface area contributed by atoms with Gasteiger partial charge in [-0.1, -0.05) is 6.07 Å². The number of fused-ring (bicyclic) bond motifs is 1. The van der Waals surface area contributed by atoms with Crippen molar-refractivity contribution >= 4 is 17.9 Å². The minimum absolute atomic E-state index is 0.0925. The quantitative estimate of drug-likeness (QED) is 0.491. The average molecular weight is 418 g/mol. The molecule has 1 aliphatic heterocycles. The van der Waals surface area contributed by atoms with Gasteiger partial charge in [0.2, 0.25) is 0 Å². The van der Waals surface area contributed by atoms with E-state index in [2.05, 4.69) is 20.0 Å². The number of hydrogen-bond acceptors (Lipinski definition) is 6. The van der Waals surface area contributed by atoms with Gasteiger partial charge in [0.15, 0.2) is 5.65 Å². The summed E-state index contributed by atoms with van der Waals surface area (Å²) in [6.07, 6.45) is 7.38. The van der Waals surface area contributed by atoms with Crippen LogP contribution in [0.15, 0.2) is 65.8 Å². The van der Waals surface area contributed by atoms with Gasteiger partial charge in [0, 0.05) is 55.3 Å². The topological polar surface area (TPSA) is 116 Å². The first kappa shape index (κ1) is 20.3. The molecule has 0 amide bonds. The number of nitrogens with one attached hydrogen (secondary N) is 1. The van der Waals surface area contributed by atoms with Crippen LogP contribution in [-0.2, 0) is 4.79 Å². The Hall–Kier alpha value is -4.01. The summed E-state index contributed by atoms with van der Waals surface area (Å²) >= 11 is 0. The molecule has 0 bridgehead atoms. The van der Waals surface area contributed by atoms with Gasteiger partial charge in [-0.15, -0.1) is 0 Å². The molecule has 0 aliphatic carbocycles. The lowest BCUT2D eigenvalue weighted by atomic mass is 9.94. The van der Waals surface area contributed by atoms with E-state index >= 15 is 0 Å². The highest BCUT2D eigenvalue weighted by Crippen LogP contribution is 2.28. The third-order valence-electron chi connectivity index (χ3n) is 5.26. The molecule has 5 rings (SSSR count). The third kappa shape index (κ3) is 4.45. The molecule has 1 saturated heterocycles. The number of aromatic nitrogens is 5. The molecular weight excluding hydrogens is 396 g/mol. The number of aromatic amines is 1. The smallest absolute Gasteiger partial charge is 0.290 e. The Kier molecular flexibility index (Phi) is 6.02. The fourth-order valence-electron chi connectivity index (χ4n) is 3.86. The zero-order valence-corrected chi connectivity index (χ0v) is 16.8. The number of carbonyl (C=O) groups is 1. The normalized spacial score (nSPS) is 15.9. The van der Waals surface area contributed by atoms with Crippen LogP contribution in [0.3, 0.4) is 0 Å². The molecule has 2 N–H and O–H groups in total. The summed E-state index contributed by atoms with van der Waals surface area (Å²) in [4.78, 5) is 36.7. The van der Waals surface area contributed by atoms with E-state index in [4.69, 9.17) is 14.9 Å². The standard InChI is InChI=1S/C21H20N6O.CH2O2/c28-21-12-17(16-6-4-10-26(14-16)19-7-1-2-9-23-19)24-20-11-18(25-27(20)21)15-5-3-8-22-13-15;2-1-3/h1-3,5,7-9,11-13,16,25H,4,6,10,14H2;1H,(H,2,3). The van der Waals surface area contributed by atoms with Crippen molar-refractivity contribution in [3.8, 4) is 11.3 Å². The molecule has 0 saturated carbocycles. The zero-order valence-electron chi connectivity index (χ0n) is 16.8. The van der Waals surface area contributed by atoms with Crippen LogP contribution >= 0.6 is 0 Å². The number of pyridine rings is 2. The third-order valence-corrected chi connectivity index (χ3v) is 5.26. The maximum atomic E-state index is 12.7. The second kappa shape index (κ2) is 9.21. The molecule has 1 unspecified atom stereocenters. The Morgan fingerprint density at radius 2 is 2.03 bits per heavy atom. The maximum Gasteiger partial charge on any atom is 0.290 e. The van der Waals surface area contributed by atoms with Crippen LogP contribution in [-0.4, -0.2) is 49.2 Å². The summed E-state index contributed by atoms with van der Waals surface area (Å²) in [6.45, 7) is 1.55. The molecule has 1 fully saturated rings. The lowest BCUT2D eigenvalue weighted by Gasteiger charge is -2.33. The van der Waals surface area contributed by atoms with Crippen molar-refractivity contribution in [1.82, 2.24) is 24.6 Å². The predicted octanol–water partition coefficient (Wildman–Crippen LogP) is 2.56. The van der Waals surface area contributed by atoms with Gasteiger partial charge in [-0.3, -0.25) is 19.7 Å². The van der Waals surface area contributed by atoms with E-state index in [9.17, 15) is 4.79 Å². The first-order valence-electron chi connectivity index (χ1n) is 9.96. The first-order valence-corrected chi connectivity index (χ1v) is 9.96. The fraction of sp³-hybridized carbons (Fsp3) is 0.227. The SMILES string of the molecule is O=CO.O=c1cc(C2CCCN(c3ccccn3)C2)nc2cc(-c3cccnc3)[nH]n12. The van der Waals surface area contributed by atoms with Crippen molar-refractivity contribution in [1.29, 1.82) is 0 Å². The summed E-state index contributed by atoms with van der Waals surface area (Å²) in [7, 11) is 0. The van der Waals surface area contributed by atoms with Crippen LogP contribution in [0.5, 0.6) is 0 Å². The maximum absolute atomic E-state index is 12.7. The highest BCUT2D eigenvalue weighted by atomic mass is 16.3. The van der Waals surface area contributed by atoms with Gasteiger partial charge in [0.1, 0.15) is 5.82 Å². The van der Waals surface area contributed by atoms with E-state index < -0.39 is 0 Å². The Labute approximate surface area is 178 Å². The molecule has 5 heterocycles. The van der Waals surface area contributed by atoms with E-state index in [1.165, 1.54) is 4.52 Å². The summed E-state index contributed by atoms with van der Waals surface area (Å²) in [5, 5.41) is 10.0. The lowest BCUT2D eigenvalue weighted by molar-refractivity contribution is -0.122. The number of piperidine rings is 1. The van der Waals surface area contributed by atoms with Gasteiger partial charge in [-0.2, -0.15) is 0 Å². The van der Waals surface area contributed by atoms with Crippen molar-refractivity contribution in [2.24, 2.45) is 0 Å². The van der Waals surface area contributed by atoms with Gasteiger partial charge >= 0.3 is 0 Å². The number of carboxylic acid groups (broad SMARTS) is 1. The summed E-state index contributed by atoms with van der Waals surface area (Å²) in [5.74, 6) is 1.19. The van der Waals surface area contributed by atoms with Crippen molar-refractivity contribution in [2.45, 2.75) is 18.8 Å². The number of rotatable bonds is 3. The van der Waals surface area contributed by atoms with E-state index in [-0.39, 0.29) is 17.9 Å². The predicted molar refractivity (Wildman–Crippen MR) is 116 cm³/mol. The number of nitrogens with zero attached hydrogens (tertiary/aromatic N) is 5. The monoisotopic (exact) mass is 418 g/mol. The highest BCUT2D eigenvalue weighted by molar-refractivity contribution is 5.63. The van der Waals surface area contributed by atoms with E-state index in [0.717, 1.165) is 48.7 Å². The molecule has 9 heteroatoms. The van der Waals surface area contributed by atoms with Crippen LogP contribution in [0, 0.1) is 0 Å². The Morgan fingerprint density at radius 1 is 1.16 bits per heavy atom. The molecule has 0 spiro atoms. The molecule has 0 radical (unpaired) electrons. The molecule has 4 aromatic heterocycles. The highest BCUT2D eigenvalue weighted by Gasteiger charge is 2.24. The molecule has 4 aromatic rings. The molecule has 9 nitrogen and oxygen atoms in total. The molecule has 31 heavy (non-hydrogen) atoms. The minimum atomic E-state index is -0.250. The molecule has 0 aromatic carbocycles. The molecule has 1 atom stereocenters. The number of anilines is 1. The van der Waals surface area contributed by atoms with Gasteiger partial charge in [-0.25, -0.2) is 14.5 Å². The van der Waals surface area contributed by atoms with Crippen molar-refractivity contribution in [3.63, 3.8) is 0 Å². The largest absolute Gasteiger partial charge is 0.483 e. The summed E-state index contributed by atoms with van der Waals surface area (Å²) in [5.41, 5.74) is 3.14. The first-order chi connectivity index (χ1) is 15.2.